The molecule has 0 N–H and O–H groups in total. The van der Waals surface area contributed by atoms with Gasteiger partial charge in [-0.15, -0.1) is 11.3 Å². The van der Waals surface area contributed by atoms with Crippen molar-refractivity contribution in [2.75, 3.05) is 7.05 Å². The van der Waals surface area contributed by atoms with Gasteiger partial charge in [-0.05, 0) is 25.6 Å². The zero-order chi connectivity index (χ0) is 16.3. The summed E-state index contributed by atoms with van der Waals surface area (Å²) in [5.74, 6) is 0. The number of carbonyl (C=O) groups excluding carboxylic acids is 1. The maximum absolute atomic E-state index is 13.0. The van der Waals surface area contributed by atoms with Gasteiger partial charge in [-0.1, -0.05) is 0 Å². The van der Waals surface area contributed by atoms with E-state index in [2.05, 4.69) is 9.97 Å². The van der Waals surface area contributed by atoms with Gasteiger partial charge >= 0.3 is 6.18 Å². The molecule has 118 valence electrons. The molecular weight excluding hydrogens is 315 g/mol. The van der Waals surface area contributed by atoms with E-state index in [0.29, 0.717) is 12.1 Å². The number of halogens is 3. The van der Waals surface area contributed by atoms with Crippen LogP contribution in [0.4, 0.5) is 13.2 Å². The molecule has 0 amide bonds. The monoisotopic (exact) mass is 329 g/mol. The van der Waals surface area contributed by atoms with Gasteiger partial charge in [-0.3, -0.25) is 19.7 Å². The van der Waals surface area contributed by atoms with Crippen molar-refractivity contribution in [3.8, 4) is 0 Å². The van der Waals surface area contributed by atoms with E-state index in [0.717, 1.165) is 10.9 Å². The van der Waals surface area contributed by atoms with Crippen LogP contribution in [0.2, 0.25) is 0 Å². The number of thiazole rings is 1. The van der Waals surface area contributed by atoms with Crippen LogP contribution >= 0.6 is 11.3 Å². The van der Waals surface area contributed by atoms with E-state index in [1.54, 1.807) is 18.6 Å². The third kappa shape index (κ3) is 3.69. The molecule has 2 aromatic heterocycles. The number of aromatic nitrogens is 2. The van der Waals surface area contributed by atoms with Gasteiger partial charge in [0.1, 0.15) is 5.69 Å². The Labute approximate surface area is 129 Å². The molecule has 0 aromatic carbocycles. The number of hydrogen-bond donors (Lipinski definition) is 0. The average Bonchev–Trinajstić information content (AvgIpc) is 2.97. The SMILES string of the molecule is C[C@H](c1cnc(C=O)c(C(F)(F)F)c1)N(C)Cc1cncs1. The normalized spacial score (nSPS) is 13.4. The Bertz CT molecular complexity index is 643. The number of rotatable bonds is 5. The molecule has 0 fully saturated rings. The minimum absolute atomic E-state index is 0.123. The predicted octanol–water partition coefficient (Wildman–Crippen LogP) is 3.56. The molecule has 0 aliphatic heterocycles. The Morgan fingerprint density at radius 1 is 1.41 bits per heavy atom. The molecule has 2 heterocycles. The fourth-order valence-electron chi connectivity index (χ4n) is 2.00. The van der Waals surface area contributed by atoms with E-state index in [1.165, 1.54) is 17.5 Å². The van der Waals surface area contributed by atoms with Crippen molar-refractivity contribution in [3.05, 3.63) is 45.7 Å². The van der Waals surface area contributed by atoms with E-state index in [1.807, 2.05) is 11.9 Å². The summed E-state index contributed by atoms with van der Waals surface area (Å²) in [4.78, 5) is 21.2. The van der Waals surface area contributed by atoms with Gasteiger partial charge in [0.2, 0.25) is 0 Å². The van der Waals surface area contributed by atoms with Crippen molar-refractivity contribution < 1.29 is 18.0 Å². The third-order valence-electron chi connectivity index (χ3n) is 3.39. The molecule has 2 rings (SSSR count). The minimum Gasteiger partial charge on any atom is -0.296 e. The highest BCUT2D eigenvalue weighted by Crippen LogP contribution is 2.33. The largest absolute Gasteiger partial charge is 0.418 e. The van der Waals surface area contributed by atoms with E-state index in [4.69, 9.17) is 0 Å². The Morgan fingerprint density at radius 2 is 2.14 bits per heavy atom. The smallest absolute Gasteiger partial charge is 0.296 e. The van der Waals surface area contributed by atoms with Crippen LogP contribution in [0.3, 0.4) is 0 Å². The summed E-state index contributed by atoms with van der Waals surface area (Å²) in [7, 11) is 1.81. The van der Waals surface area contributed by atoms with E-state index in [-0.39, 0.29) is 12.3 Å². The third-order valence-corrected chi connectivity index (χ3v) is 4.15. The first-order valence-corrected chi connectivity index (χ1v) is 7.30. The summed E-state index contributed by atoms with van der Waals surface area (Å²) < 4.78 is 38.9. The number of carbonyl (C=O) groups is 1. The maximum Gasteiger partial charge on any atom is 0.418 e. The molecule has 4 nitrogen and oxygen atoms in total. The Morgan fingerprint density at radius 3 is 2.68 bits per heavy atom. The van der Waals surface area contributed by atoms with Crippen LogP contribution in [0.15, 0.2) is 24.0 Å². The standard InChI is InChI=1S/C14H14F3N3OS/c1-9(20(2)6-11-5-18-8-22-11)10-3-12(14(15,16)17)13(7-21)19-4-10/h3-5,7-9H,6H2,1-2H3/t9-/m1/s1. The first-order chi connectivity index (χ1) is 10.3. The summed E-state index contributed by atoms with van der Waals surface area (Å²) in [6.07, 6.45) is -1.44. The number of nitrogens with zero attached hydrogens (tertiary/aromatic N) is 3. The molecule has 0 bridgehead atoms. The van der Waals surface area contributed by atoms with E-state index in [9.17, 15) is 18.0 Å². The molecule has 0 radical (unpaired) electrons. The Kier molecular flexibility index (Phi) is 4.92. The van der Waals surface area contributed by atoms with Crippen molar-refractivity contribution in [1.82, 2.24) is 14.9 Å². The second-order valence-electron chi connectivity index (χ2n) is 4.88. The van der Waals surface area contributed by atoms with Gasteiger partial charge in [-0.2, -0.15) is 13.2 Å². The molecular formula is C14H14F3N3OS. The molecule has 22 heavy (non-hydrogen) atoms. The molecule has 0 saturated carbocycles. The van der Waals surface area contributed by atoms with Crippen LogP contribution in [0.5, 0.6) is 0 Å². The zero-order valence-corrected chi connectivity index (χ0v) is 12.8. The summed E-state index contributed by atoms with van der Waals surface area (Å²) in [6, 6.07) is 0.710. The predicted molar refractivity (Wildman–Crippen MR) is 76.6 cm³/mol. The van der Waals surface area contributed by atoms with Crippen molar-refractivity contribution in [2.24, 2.45) is 0 Å². The van der Waals surface area contributed by atoms with Crippen LogP contribution < -0.4 is 0 Å². The molecule has 0 unspecified atom stereocenters. The van der Waals surface area contributed by atoms with Gasteiger partial charge in [0.05, 0.1) is 11.1 Å². The first-order valence-electron chi connectivity index (χ1n) is 6.43. The summed E-state index contributed by atoms with van der Waals surface area (Å²) in [5.41, 5.74) is 0.521. The van der Waals surface area contributed by atoms with Crippen molar-refractivity contribution in [3.63, 3.8) is 0 Å². The summed E-state index contributed by atoms with van der Waals surface area (Å²) in [6.45, 7) is 2.36. The molecule has 8 heteroatoms. The van der Waals surface area contributed by atoms with Gasteiger partial charge in [0, 0.05) is 29.9 Å². The summed E-state index contributed by atoms with van der Waals surface area (Å²) in [5, 5.41) is 0. The lowest BCUT2D eigenvalue weighted by Gasteiger charge is -2.25. The molecule has 0 aliphatic rings. The topological polar surface area (TPSA) is 46.1 Å². The number of aldehydes is 1. The highest BCUT2D eigenvalue weighted by Gasteiger charge is 2.35. The fraction of sp³-hybridized carbons (Fsp3) is 0.357. The average molecular weight is 329 g/mol. The highest BCUT2D eigenvalue weighted by atomic mass is 32.1. The molecule has 1 atom stereocenters. The first kappa shape index (κ1) is 16.6. The lowest BCUT2D eigenvalue weighted by molar-refractivity contribution is -0.138. The number of hydrogen-bond acceptors (Lipinski definition) is 5. The Balaban J connectivity index is 2.26. The van der Waals surface area contributed by atoms with Gasteiger partial charge in [0.25, 0.3) is 0 Å². The van der Waals surface area contributed by atoms with Crippen LogP contribution in [-0.2, 0) is 12.7 Å². The maximum atomic E-state index is 13.0. The van der Waals surface area contributed by atoms with Gasteiger partial charge in [-0.25, -0.2) is 0 Å². The Hall–Kier alpha value is -1.80. The second kappa shape index (κ2) is 6.53. The zero-order valence-electron chi connectivity index (χ0n) is 12.0. The highest BCUT2D eigenvalue weighted by molar-refractivity contribution is 7.09. The van der Waals surface area contributed by atoms with Gasteiger partial charge in [0.15, 0.2) is 6.29 Å². The van der Waals surface area contributed by atoms with Crippen LogP contribution in [-0.4, -0.2) is 28.2 Å². The quantitative estimate of drug-likeness (QED) is 0.787. The minimum atomic E-state index is -4.60. The molecule has 0 spiro atoms. The van der Waals surface area contributed by atoms with Crippen molar-refractivity contribution in [1.29, 1.82) is 0 Å². The van der Waals surface area contributed by atoms with Crippen molar-refractivity contribution >= 4 is 17.6 Å². The number of alkyl halides is 3. The summed E-state index contributed by atoms with van der Waals surface area (Å²) >= 11 is 1.48. The van der Waals surface area contributed by atoms with E-state index >= 15 is 0 Å². The van der Waals surface area contributed by atoms with Crippen LogP contribution in [0, 0.1) is 0 Å². The van der Waals surface area contributed by atoms with Crippen LogP contribution in [0.1, 0.15) is 39.5 Å². The molecule has 2 aromatic rings. The lowest BCUT2D eigenvalue weighted by Crippen LogP contribution is -2.22. The van der Waals surface area contributed by atoms with Gasteiger partial charge < -0.3 is 0 Å². The van der Waals surface area contributed by atoms with E-state index < -0.39 is 17.4 Å². The van der Waals surface area contributed by atoms with Crippen LogP contribution in [0.25, 0.3) is 0 Å². The second-order valence-corrected chi connectivity index (χ2v) is 5.85. The number of pyridine rings is 1. The lowest BCUT2D eigenvalue weighted by atomic mass is 10.0. The molecule has 0 aliphatic carbocycles. The molecule has 0 saturated heterocycles. The van der Waals surface area contributed by atoms with Crippen molar-refractivity contribution in [2.45, 2.75) is 25.7 Å². The fourth-order valence-corrected chi connectivity index (χ4v) is 2.66.